The van der Waals surface area contributed by atoms with Crippen LogP contribution in [-0.2, 0) is 22.7 Å². The second-order valence-electron chi connectivity index (χ2n) is 6.93. The summed E-state index contributed by atoms with van der Waals surface area (Å²) in [5.41, 5.74) is 4.12. The SMILES string of the molecule is O=C(Nc1ccc2c(c1)CCC2)c1ccccc1S[C@@H]1CCS(=O)(=O)C1. The summed E-state index contributed by atoms with van der Waals surface area (Å²) in [7, 11) is -2.92. The van der Waals surface area contributed by atoms with Gasteiger partial charge in [0.05, 0.1) is 17.1 Å². The Labute approximate surface area is 158 Å². The number of anilines is 1. The van der Waals surface area contributed by atoms with Crippen molar-refractivity contribution in [3.63, 3.8) is 0 Å². The van der Waals surface area contributed by atoms with E-state index in [4.69, 9.17) is 0 Å². The lowest BCUT2D eigenvalue weighted by molar-refractivity contribution is 0.102. The van der Waals surface area contributed by atoms with Gasteiger partial charge in [-0.15, -0.1) is 11.8 Å². The molecule has 1 heterocycles. The zero-order valence-electron chi connectivity index (χ0n) is 14.4. The van der Waals surface area contributed by atoms with Gasteiger partial charge < -0.3 is 5.32 Å². The minimum Gasteiger partial charge on any atom is -0.322 e. The third-order valence-corrected chi connectivity index (χ3v) is 8.30. The molecule has 0 aromatic heterocycles. The number of hydrogen-bond donors (Lipinski definition) is 1. The maximum absolute atomic E-state index is 12.8. The normalized spacial score (nSPS) is 20.7. The molecule has 2 aromatic rings. The van der Waals surface area contributed by atoms with Crippen molar-refractivity contribution in [2.45, 2.75) is 35.8 Å². The number of sulfone groups is 1. The quantitative estimate of drug-likeness (QED) is 0.869. The number of carbonyl (C=O) groups is 1. The summed E-state index contributed by atoms with van der Waals surface area (Å²) in [5, 5.41) is 3.02. The van der Waals surface area contributed by atoms with Gasteiger partial charge in [-0.25, -0.2) is 8.42 Å². The van der Waals surface area contributed by atoms with Crippen molar-refractivity contribution in [2.75, 3.05) is 16.8 Å². The Morgan fingerprint density at radius 3 is 2.69 bits per heavy atom. The van der Waals surface area contributed by atoms with Crippen molar-refractivity contribution >= 4 is 33.2 Å². The minimum absolute atomic E-state index is 0.0222. The lowest BCUT2D eigenvalue weighted by atomic mass is 10.1. The molecule has 2 aromatic carbocycles. The first-order valence-corrected chi connectivity index (χ1v) is 11.6. The van der Waals surface area contributed by atoms with Crippen LogP contribution in [0.1, 0.15) is 34.3 Å². The van der Waals surface area contributed by atoms with Crippen molar-refractivity contribution in [1.29, 1.82) is 0 Å². The number of amides is 1. The average molecular weight is 388 g/mol. The number of benzene rings is 2. The highest BCUT2D eigenvalue weighted by atomic mass is 32.2. The lowest BCUT2D eigenvalue weighted by Crippen LogP contribution is -2.14. The Morgan fingerprint density at radius 2 is 1.88 bits per heavy atom. The zero-order chi connectivity index (χ0) is 18.1. The van der Waals surface area contributed by atoms with E-state index in [0.29, 0.717) is 12.0 Å². The fourth-order valence-corrected chi connectivity index (χ4v) is 7.26. The third kappa shape index (κ3) is 3.81. The molecule has 2 aliphatic rings. The third-order valence-electron chi connectivity index (χ3n) is 4.97. The summed E-state index contributed by atoms with van der Waals surface area (Å²) < 4.78 is 23.4. The summed E-state index contributed by atoms with van der Waals surface area (Å²) in [6.45, 7) is 0. The number of hydrogen-bond acceptors (Lipinski definition) is 4. The largest absolute Gasteiger partial charge is 0.322 e. The van der Waals surface area contributed by atoms with Crippen molar-refractivity contribution < 1.29 is 13.2 Å². The summed E-state index contributed by atoms with van der Waals surface area (Å²) >= 11 is 1.50. The number of rotatable bonds is 4. The van der Waals surface area contributed by atoms with E-state index >= 15 is 0 Å². The molecule has 1 N–H and O–H groups in total. The van der Waals surface area contributed by atoms with Crippen LogP contribution in [0.4, 0.5) is 5.69 Å². The second kappa shape index (κ2) is 7.08. The predicted molar refractivity (Wildman–Crippen MR) is 106 cm³/mol. The molecular formula is C20H21NO3S2. The van der Waals surface area contributed by atoms with Crippen LogP contribution >= 0.6 is 11.8 Å². The highest BCUT2D eigenvalue weighted by molar-refractivity contribution is 8.02. The molecule has 0 unspecified atom stereocenters. The maximum atomic E-state index is 12.8. The van der Waals surface area contributed by atoms with Crippen molar-refractivity contribution in [2.24, 2.45) is 0 Å². The van der Waals surface area contributed by atoms with Crippen LogP contribution in [0.3, 0.4) is 0 Å². The molecular weight excluding hydrogens is 366 g/mol. The molecule has 0 spiro atoms. The standard InChI is InChI=1S/C20H21NO3S2/c22-20(21-16-9-8-14-4-3-5-15(14)12-16)18-6-1-2-7-19(18)25-17-10-11-26(23,24)13-17/h1-2,6-9,12,17H,3-5,10-11,13H2,(H,21,22)/t17-/m1/s1. The summed E-state index contributed by atoms with van der Waals surface area (Å²) in [4.78, 5) is 13.6. The average Bonchev–Trinajstić information content (AvgIpc) is 3.20. The van der Waals surface area contributed by atoms with Gasteiger partial charge in [-0.3, -0.25) is 4.79 Å². The summed E-state index contributed by atoms with van der Waals surface area (Å²) in [6, 6.07) is 13.6. The predicted octanol–water partition coefficient (Wildman–Crippen LogP) is 3.71. The Balaban J connectivity index is 1.51. The van der Waals surface area contributed by atoms with Crippen molar-refractivity contribution in [3.8, 4) is 0 Å². The number of thioether (sulfide) groups is 1. The molecule has 1 fully saturated rings. The Bertz CT molecular complexity index is 953. The van der Waals surface area contributed by atoms with Crippen LogP contribution in [0.25, 0.3) is 0 Å². The molecule has 1 aliphatic heterocycles. The summed E-state index contributed by atoms with van der Waals surface area (Å²) in [6.07, 6.45) is 4.01. The molecule has 26 heavy (non-hydrogen) atoms. The van der Waals surface area contributed by atoms with Gasteiger partial charge in [0, 0.05) is 15.8 Å². The highest BCUT2D eigenvalue weighted by Gasteiger charge is 2.29. The minimum atomic E-state index is -2.92. The van der Waals surface area contributed by atoms with E-state index in [-0.39, 0.29) is 22.7 Å². The second-order valence-corrected chi connectivity index (χ2v) is 10.5. The van der Waals surface area contributed by atoms with Crippen molar-refractivity contribution in [1.82, 2.24) is 0 Å². The molecule has 4 rings (SSSR count). The van der Waals surface area contributed by atoms with E-state index < -0.39 is 9.84 Å². The molecule has 1 saturated heterocycles. The topological polar surface area (TPSA) is 63.2 Å². The lowest BCUT2D eigenvalue weighted by Gasteiger charge is -2.13. The molecule has 1 amide bonds. The molecule has 6 heteroatoms. The van der Waals surface area contributed by atoms with Crippen LogP contribution in [-0.4, -0.2) is 31.1 Å². The fourth-order valence-electron chi connectivity index (χ4n) is 3.64. The van der Waals surface area contributed by atoms with E-state index in [1.54, 1.807) is 6.07 Å². The van der Waals surface area contributed by atoms with Gasteiger partial charge >= 0.3 is 0 Å². The van der Waals surface area contributed by atoms with Gasteiger partial charge in [-0.2, -0.15) is 0 Å². The van der Waals surface area contributed by atoms with Gasteiger partial charge in [0.25, 0.3) is 5.91 Å². The van der Waals surface area contributed by atoms with E-state index in [9.17, 15) is 13.2 Å². The molecule has 0 saturated carbocycles. The first kappa shape index (κ1) is 17.6. The molecule has 4 nitrogen and oxygen atoms in total. The van der Waals surface area contributed by atoms with E-state index in [0.717, 1.165) is 23.4 Å². The van der Waals surface area contributed by atoms with Gasteiger partial charge in [0.2, 0.25) is 0 Å². The van der Waals surface area contributed by atoms with Gasteiger partial charge in [-0.1, -0.05) is 18.2 Å². The Kier molecular flexibility index (Phi) is 4.80. The number of aryl methyl sites for hydroxylation is 2. The first-order chi connectivity index (χ1) is 12.5. The van der Waals surface area contributed by atoms with Crippen LogP contribution in [0.5, 0.6) is 0 Å². The van der Waals surface area contributed by atoms with E-state index in [2.05, 4.69) is 17.4 Å². The number of carbonyl (C=O) groups excluding carboxylic acids is 1. The summed E-state index contributed by atoms with van der Waals surface area (Å²) in [5.74, 6) is 0.291. The zero-order valence-corrected chi connectivity index (χ0v) is 16.0. The molecule has 1 aliphatic carbocycles. The Morgan fingerprint density at radius 1 is 1.08 bits per heavy atom. The fraction of sp³-hybridized carbons (Fsp3) is 0.350. The number of fused-ring (bicyclic) bond motifs is 1. The number of nitrogens with one attached hydrogen (secondary N) is 1. The van der Waals surface area contributed by atoms with E-state index in [1.165, 1.54) is 29.3 Å². The smallest absolute Gasteiger partial charge is 0.256 e. The molecule has 136 valence electrons. The maximum Gasteiger partial charge on any atom is 0.256 e. The van der Waals surface area contributed by atoms with Gasteiger partial charge in [-0.05, 0) is 61.1 Å². The monoisotopic (exact) mass is 387 g/mol. The van der Waals surface area contributed by atoms with Crippen LogP contribution in [0.2, 0.25) is 0 Å². The van der Waals surface area contributed by atoms with E-state index in [1.807, 2.05) is 24.3 Å². The van der Waals surface area contributed by atoms with Gasteiger partial charge in [0.1, 0.15) is 0 Å². The molecule has 1 atom stereocenters. The Hall–Kier alpha value is -1.79. The molecule has 0 radical (unpaired) electrons. The van der Waals surface area contributed by atoms with Crippen LogP contribution in [0.15, 0.2) is 47.4 Å². The molecule has 0 bridgehead atoms. The van der Waals surface area contributed by atoms with Crippen LogP contribution < -0.4 is 5.32 Å². The first-order valence-electron chi connectivity index (χ1n) is 8.89. The van der Waals surface area contributed by atoms with Gasteiger partial charge in [0.15, 0.2) is 9.84 Å². The highest BCUT2D eigenvalue weighted by Crippen LogP contribution is 2.33. The van der Waals surface area contributed by atoms with Crippen LogP contribution in [0, 0.1) is 0 Å². The van der Waals surface area contributed by atoms with Crippen molar-refractivity contribution in [3.05, 3.63) is 59.2 Å².